The molecule has 0 N–H and O–H groups in total. The summed E-state index contributed by atoms with van der Waals surface area (Å²) in [6.45, 7) is 4.62. The van der Waals surface area contributed by atoms with Gasteiger partial charge in [-0.15, -0.1) is 0 Å². The van der Waals surface area contributed by atoms with Gasteiger partial charge in [0, 0.05) is 55.5 Å². The summed E-state index contributed by atoms with van der Waals surface area (Å²) in [4.78, 5) is 15.9. The maximum atomic E-state index is 6.89. The number of fused-ring (bicyclic) bond motifs is 10. The van der Waals surface area contributed by atoms with E-state index in [4.69, 9.17) is 19.4 Å². The maximum Gasteiger partial charge on any atom is 0.160 e. The van der Waals surface area contributed by atoms with E-state index >= 15 is 0 Å². The lowest BCUT2D eigenvalue weighted by Crippen LogP contribution is -2.15. The van der Waals surface area contributed by atoms with Crippen LogP contribution in [0.4, 0.5) is 0 Å². The Morgan fingerprint density at radius 3 is 2.09 bits per heavy atom. The molecule has 11 rings (SSSR count). The summed E-state index contributed by atoms with van der Waals surface area (Å²) in [5, 5.41) is 5.49. The molecule has 0 saturated heterocycles. The van der Waals surface area contributed by atoms with Crippen molar-refractivity contribution < 1.29 is 4.42 Å². The number of aromatic nitrogens is 1. The van der Waals surface area contributed by atoms with Crippen LogP contribution in [-0.4, -0.2) is 16.5 Å². The Labute approximate surface area is 318 Å². The van der Waals surface area contributed by atoms with Crippen LogP contribution in [0.3, 0.4) is 0 Å². The number of hydrogen-bond donors (Lipinski definition) is 0. The lowest BCUT2D eigenvalue weighted by atomic mass is 9.82. The molecular formula is C51H35N3O. The fourth-order valence-corrected chi connectivity index (χ4v) is 8.87. The first-order chi connectivity index (χ1) is 27.0. The van der Waals surface area contributed by atoms with Crippen LogP contribution in [0.1, 0.15) is 48.1 Å². The van der Waals surface area contributed by atoms with Crippen LogP contribution in [0.2, 0.25) is 0 Å². The third kappa shape index (κ3) is 4.88. The smallest absolute Gasteiger partial charge is 0.160 e. The predicted molar refractivity (Wildman–Crippen MR) is 228 cm³/mol. The molecule has 0 bridgehead atoms. The Bertz CT molecular complexity index is 3130. The molecule has 3 heterocycles. The minimum Gasteiger partial charge on any atom is -0.455 e. The molecule has 0 atom stereocenters. The Morgan fingerprint density at radius 1 is 0.527 bits per heavy atom. The van der Waals surface area contributed by atoms with Gasteiger partial charge in [-0.1, -0.05) is 147 Å². The average molecular weight is 706 g/mol. The molecule has 4 nitrogen and oxygen atoms in total. The topological polar surface area (TPSA) is 50.8 Å². The van der Waals surface area contributed by atoms with E-state index in [2.05, 4.69) is 166 Å². The molecule has 2 aromatic heterocycles. The Morgan fingerprint density at radius 2 is 1.24 bits per heavy atom. The second kappa shape index (κ2) is 12.1. The number of aliphatic imine (C=N–C) groups is 2. The Kier molecular flexibility index (Phi) is 6.93. The van der Waals surface area contributed by atoms with E-state index in [0.717, 1.165) is 83.0 Å². The van der Waals surface area contributed by atoms with Crippen molar-refractivity contribution in [2.45, 2.75) is 25.7 Å². The highest BCUT2D eigenvalue weighted by atomic mass is 16.3. The normalized spacial score (nSPS) is 14.8. The highest BCUT2D eigenvalue weighted by Crippen LogP contribution is 2.49. The highest BCUT2D eigenvalue weighted by Gasteiger charge is 2.35. The maximum absolute atomic E-state index is 6.89. The van der Waals surface area contributed by atoms with E-state index < -0.39 is 0 Å². The van der Waals surface area contributed by atoms with Crippen LogP contribution >= 0.6 is 0 Å². The van der Waals surface area contributed by atoms with Crippen molar-refractivity contribution in [3.8, 4) is 22.4 Å². The molecule has 0 spiro atoms. The SMILES string of the molecule is CC1(C)c2ccccc2-c2cc(C3=NC(c4cccc5c4oc4ccc6c(-c7ccccc7)nc7ccccc7c6c45)=CCC(c4ccccc4)=N3)ccc21. The van der Waals surface area contributed by atoms with E-state index in [1.807, 2.05) is 12.1 Å². The van der Waals surface area contributed by atoms with Crippen molar-refractivity contribution in [3.05, 3.63) is 192 Å². The Hall–Kier alpha value is -6.91. The van der Waals surface area contributed by atoms with E-state index in [-0.39, 0.29) is 5.41 Å². The van der Waals surface area contributed by atoms with Gasteiger partial charge in [-0.3, -0.25) is 0 Å². The lowest BCUT2D eigenvalue weighted by Gasteiger charge is -2.21. The van der Waals surface area contributed by atoms with Gasteiger partial charge in [0.2, 0.25) is 0 Å². The molecule has 4 heteroatoms. The zero-order valence-corrected chi connectivity index (χ0v) is 30.5. The first kappa shape index (κ1) is 31.6. The van der Waals surface area contributed by atoms with Crippen molar-refractivity contribution in [2.24, 2.45) is 9.98 Å². The number of pyridine rings is 1. The van der Waals surface area contributed by atoms with E-state index in [9.17, 15) is 0 Å². The first-order valence-electron chi connectivity index (χ1n) is 18.9. The predicted octanol–water partition coefficient (Wildman–Crippen LogP) is 12.9. The molecule has 9 aromatic rings. The van der Waals surface area contributed by atoms with Gasteiger partial charge >= 0.3 is 0 Å². The average Bonchev–Trinajstić information content (AvgIpc) is 3.62. The monoisotopic (exact) mass is 705 g/mol. The highest BCUT2D eigenvalue weighted by molar-refractivity contribution is 6.29. The zero-order valence-electron chi connectivity index (χ0n) is 30.5. The summed E-state index contributed by atoms with van der Waals surface area (Å²) in [5.41, 5.74) is 14.6. The number of benzene rings is 7. The van der Waals surface area contributed by atoms with Gasteiger partial charge in [-0.05, 0) is 58.1 Å². The second-order valence-corrected chi connectivity index (χ2v) is 15.1. The molecule has 1 aliphatic heterocycles. The van der Waals surface area contributed by atoms with Crippen molar-refractivity contribution in [1.29, 1.82) is 0 Å². The van der Waals surface area contributed by atoms with Crippen molar-refractivity contribution in [2.75, 3.05) is 0 Å². The van der Waals surface area contributed by atoms with Gasteiger partial charge in [-0.25, -0.2) is 15.0 Å². The number of para-hydroxylation sites is 2. The van der Waals surface area contributed by atoms with Gasteiger partial charge in [0.15, 0.2) is 5.84 Å². The molecule has 55 heavy (non-hydrogen) atoms. The summed E-state index contributed by atoms with van der Waals surface area (Å²) in [6, 6.07) is 55.5. The number of nitrogens with zero attached hydrogens (tertiary/aromatic N) is 3. The third-order valence-electron chi connectivity index (χ3n) is 11.6. The van der Waals surface area contributed by atoms with Crippen LogP contribution in [0.5, 0.6) is 0 Å². The van der Waals surface area contributed by atoms with Crippen molar-refractivity contribution in [3.63, 3.8) is 0 Å². The van der Waals surface area contributed by atoms with E-state index in [1.165, 1.54) is 22.3 Å². The van der Waals surface area contributed by atoms with Gasteiger partial charge in [0.05, 0.1) is 22.6 Å². The van der Waals surface area contributed by atoms with Crippen molar-refractivity contribution >= 4 is 60.9 Å². The van der Waals surface area contributed by atoms with Crippen molar-refractivity contribution in [1.82, 2.24) is 4.98 Å². The molecule has 0 unspecified atom stereocenters. The standard InChI is InChI=1S/C51H35N3O/c1-51(2)40-22-11-9-18-34(40)39-30-33(24-26-41(39)51)50-53-42(31-14-5-3-6-15-31)27-28-44(54-50)36-20-13-21-38-47-45(55-49(36)38)29-25-37-46(47)35-19-10-12-23-43(35)52-48(37)32-16-7-4-8-17-32/h3-26,28-30H,27H2,1-2H3. The summed E-state index contributed by atoms with van der Waals surface area (Å²) >= 11 is 0. The lowest BCUT2D eigenvalue weighted by molar-refractivity contribution is 0.660. The van der Waals surface area contributed by atoms with Crippen LogP contribution in [0, 0.1) is 0 Å². The van der Waals surface area contributed by atoms with E-state index in [1.54, 1.807) is 0 Å². The summed E-state index contributed by atoms with van der Waals surface area (Å²) < 4.78 is 6.89. The minimum atomic E-state index is -0.0798. The molecule has 260 valence electrons. The quantitative estimate of drug-likeness (QED) is 0.171. The van der Waals surface area contributed by atoms with Crippen LogP contribution in [0.15, 0.2) is 178 Å². The number of furan rings is 1. The third-order valence-corrected chi connectivity index (χ3v) is 11.6. The fourth-order valence-electron chi connectivity index (χ4n) is 8.87. The van der Waals surface area contributed by atoms with Crippen LogP contribution in [-0.2, 0) is 5.41 Å². The number of rotatable bonds is 4. The molecule has 7 aromatic carbocycles. The number of allylic oxidation sites excluding steroid dienone is 1. The molecule has 1 aliphatic carbocycles. The van der Waals surface area contributed by atoms with Gasteiger partial charge < -0.3 is 4.42 Å². The molecule has 0 fully saturated rings. The second-order valence-electron chi connectivity index (χ2n) is 15.1. The summed E-state index contributed by atoms with van der Waals surface area (Å²) in [7, 11) is 0. The number of amidine groups is 1. The number of hydrogen-bond acceptors (Lipinski definition) is 4. The van der Waals surface area contributed by atoms with Crippen LogP contribution < -0.4 is 0 Å². The van der Waals surface area contributed by atoms with Gasteiger partial charge in [0.1, 0.15) is 11.2 Å². The summed E-state index contributed by atoms with van der Waals surface area (Å²) in [5.74, 6) is 0.690. The van der Waals surface area contributed by atoms with Crippen LogP contribution in [0.25, 0.3) is 71.7 Å². The molecule has 0 radical (unpaired) electrons. The van der Waals surface area contributed by atoms with E-state index in [0.29, 0.717) is 12.3 Å². The largest absolute Gasteiger partial charge is 0.455 e. The first-order valence-corrected chi connectivity index (χ1v) is 18.9. The molecule has 0 amide bonds. The molecular weight excluding hydrogens is 671 g/mol. The molecule has 0 saturated carbocycles. The summed E-state index contributed by atoms with van der Waals surface area (Å²) in [6.07, 6.45) is 2.83. The Balaban J connectivity index is 1.13. The molecule has 2 aliphatic rings. The van der Waals surface area contributed by atoms with Gasteiger partial charge in [0.25, 0.3) is 0 Å². The minimum absolute atomic E-state index is 0.0798. The fraction of sp³-hybridized carbons (Fsp3) is 0.0784. The van der Waals surface area contributed by atoms with Gasteiger partial charge in [-0.2, -0.15) is 0 Å². The zero-order chi connectivity index (χ0) is 36.7.